The molecule has 0 saturated carbocycles. The molecule has 3 amide bonds. The molecule has 0 atom stereocenters. The smallest absolute Gasteiger partial charge is 0.317 e. The first-order valence-corrected chi connectivity index (χ1v) is 10.0. The fourth-order valence-electron chi connectivity index (χ4n) is 3.98. The van der Waals surface area contributed by atoms with Crippen LogP contribution in [0.2, 0.25) is 0 Å². The van der Waals surface area contributed by atoms with E-state index in [1.807, 2.05) is 29.2 Å². The number of carbonyl (C=O) groups is 2. The second-order valence-corrected chi connectivity index (χ2v) is 8.78. The molecule has 0 aliphatic carbocycles. The number of urea groups is 1. The van der Waals surface area contributed by atoms with Crippen LogP contribution in [0.5, 0.6) is 0 Å². The van der Waals surface area contributed by atoms with E-state index in [1.165, 1.54) is 6.42 Å². The number of nitrogens with zero attached hydrogens (tertiary/aromatic N) is 2. The Morgan fingerprint density at radius 2 is 1.89 bits per heavy atom. The van der Waals surface area contributed by atoms with E-state index in [-0.39, 0.29) is 11.9 Å². The zero-order valence-electron chi connectivity index (χ0n) is 17.5. The highest BCUT2D eigenvalue weighted by Gasteiger charge is 2.32. The third-order valence-corrected chi connectivity index (χ3v) is 5.43. The first-order chi connectivity index (χ1) is 12.7. The van der Waals surface area contributed by atoms with Crippen molar-refractivity contribution in [3.8, 4) is 0 Å². The molecule has 1 aliphatic heterocycles. The van der Waals surface area contributed by atoms with Gasteiger partial charge in [0.25, 0.3) is 5.91 Å². The fraction of sp³-hybridized carbons (Fsp3) is 0.636. The second-order valence-electron chi connectivity index (χ2n) is 8.78. The Bertz CT molecular complexity index is 647. The van der Waals surface area contributed by atoms with Crippen LogP contribution in [0.25, 0.3) is 0 Å². The third kappa shape index (κ3) is 6.26. The number of rotatable bonds is 6. The summed E-state index contributed by atoms with van der Waals surface area (Å²) in [4.78, 5) is 28.0. The van der Waals surface area contributed by atoms with Crippen molar-refractivity contribution in [2.75, 3.05) is 33.7 Å². The Hall–Kier alpha value is -2.04. The van der Waals surface area contributed by atoms with E-state index in [1.54, 1.807) is 19.0 Å². The van der Waals surface area contributed by atoms with Crippen LogP contribution < -0.4 is 5.32 Å². The predicted molar refractivity (Wildman–Crippen MR) is 110 cm³/mol. The molecule has 0 radical (unpaired) electrons. The molecule has 1 fully saturated rings. The van der Waals surface area contributed by atoms with E-state index in [2.05, 4.69) is 26.1 Å². The summed E-state index contributed by atoms with van der Waals surface area (Å²) in [6.45, 7) is 9.14. The van der Waals surface area contributed by atoms with Crippen molar-refractivity contribution in [1.82, 2.24) is 15.1 Å². The van der Waals surface area contributed by atoms with Gasteiger partial charge < -0.3 is 15.1 Å². The molecule has 1 N–H and O–H groups in total. The third-order valence-electron chi connectivity index (χ3n) is 5.43. The van der Waals surface area contributed by atoms with Crippen LogP contribution in [-0.4, -0.2) is 55.5 Å². The lowest BCUT2D eigenvalue weighted by molar-refractivity contribution is 0.0827. The number of benzene rings is 1. The monoisotopic (exact) mass is 373 g/mol. The maximum atomic E-state index is 12.4. The van der Waals surface area contributed by atoms with Crippen molar-refractivity contribution >= 4 is 11.9 Å². The standard InChI is InChI=1S/C22H35N3O2/c1-17(2)16-22(3)10-13-25(14-11-22)21(27)23-12-9-18-7-6-8-19(15-18)20(26)24(4)5/h6-8,15,17H,9-14,16H2,1-5H3,(H,23,27). The SMILES string of the molecule is CC(C)CC1(C)CCN(C(=O)NCCc2cccc(C(=O)N(C)C)c2)CC1. The molecule has 27 heavy (non-hydrogen) atoms. The van der Waals surface area contributed by atoms with Crippen LogP contribution >= 0.6 is 0 Å². The molecule has 1 saturated heterocycles. The van der Waals surface area contributed by atoms with Crippen LogP contribution in [0.4, 0.5) is 4.79 Å². The minimum absolute atomic E-state index is 0.00125. The highest BCUT2D eigenvalue weighted by atomic mass is 16.2. The molecular weight excluding hydrogens is 338 g/mol. The molecule has 2 rings (SSSR count). The van der Waals surface area contributed by atoms with Crippen LogP contribution in [0, 0.1) is 11.3 Å². The Labute approximate surface area is 164 Å². The van der Waals surface area contributed by atoms with E-state index < -0.39 is 0 Å². The largest absolute Gasteiger partial charge is 0.345 e. The number of nitrogens with one attached hydrogen (secondary N) is 1. The summed E-state index contributed by atoms with van der Waals surface area (Å²) in [6.07, 6.45) is 4.10. The van der Waals surface area contributed by atoms with Gasteiger partial charge in [0.15, 0.2) is 0 Å². The van der Waals surface area contributed by atoms with Crippen molar-refractivity contribution in [1.29, 1.82) is 0 Å². The van der Waals surface area contributed by atoms with Gasteiger partial charge in [-0.05, 0) is 54.7 Å². The minimum atomic E-state index is -0.00125. The summed E-state index contributed by atoms with van der Waals surface area (Å²) in [5.41, 5.74) is 2.11. The van der Waals surface area contributed by atoms with Crippen molar-refractivity contribution in [2.45, 2.75) is 46.5 Å². The average molecular weight is 374 g/mol. The molecule has 0 aromatic heterocycles. The number of likely N-dealkylation sites (tertiary alicyclic amines) is 1. The molecule has 0 unspecified atom stereocenters. The summed E-state index contributed by atoms with van der Waals surface area (Å²) in [6, 6.07) is 7.66. The summed E-state index contributed by atoms with van der Waals surface area (Å²) in [5.74, 6) is 0.698. The van der Waals surface area contributed by atoms with Gasteiger partial charge >= 0.3 is 6.03 Å². The van der Waals surface area contributed by atoms with Gasteiger partial charge in [0.1, 0.15) is 0 Å². The van der Waals surface area contributed by atoms with Gasteiger partial charge in [-0.15, -0.1) is 0 Å². The summed E-state index contributed by atoms with van der Waals surface area (Å²) < 4.78 is 0. The van der Waals surface area contributed by atoms with Crippen LogP contribution in [-0.2, 0) is 6.42 Å². The summed E-state index contributed by atoms with van der Waals surface area (Å²) in [7, 11) is 3.50. The molecule has 5 nitrogen and oxygen atoms in total. The van der Waals surface area contributed by atoms with Crippen LogP contribution in [0.15, 0.2) is 24.3 Å². The molecule has 150 valence electrons. The molecule has 0 bridgehead atoms. The first-order valence-electron chi connectivity index (χ1n) is 10.0. The minimum Gasteiger partial charge on any atom is -0.345 e. The van der Waals surface area contributed by atoms with E-state index in [9.17, 15) is 9.59 Å². The quantitative estimate of drug-likeness (QED) is 0.825. The summed E-state index contributed by atoms with van der Waals surface area (Å²) >= 11 is 0. The van der Waals surface area contributed by atoms with Crippen LogP contribution in [0.1, 0.15) is 56.0 Å². The molecule has 1 aromatic rings. The Morgan fingerprint density at radius 1 is 1.22 bits per heavy atom. The Morgan fingerprint density at radius 3 is 2.48 bits per heavy atom. The van der Waals surface area contributed by atoms with Crippen molar-refractivity contribution in [3.05, 3.63) is 35.4 Å². The maximum Gasteiger partial charge on any atom is 0.317 e. The number of piperidine rings is 1. The normalized spacial score (nSPS) is 16.3. The first kappa shape index (κ1) is 21.3. The zero-order valence-corrected chi connectivity index (χ0v) is 17.5. The maximum absolute atomic E-state index is 12.4. The van der Waals surface area contributed by atoms with E-state index >= 15 is 0 Å². The zero-order chi connectivity index (χ0) is 20.0. The number of carbonyl (C=O) groups excluding carboxylic acids is 2. The number of hydrogen-bond donors (Lipinski definition) is 1. The van der Waals surface area contributed by atoms with Gasteiger partial charge in [-0.2, -0.15) is 0 Å². The fourth-order valence-corrected chi connectivity index (χ4v) is 3.98. The molecule has 5 heteroatoms. The lowest BCUT2D eigenvalue weighted by Gasteiger charge is -2.40. The van der Waals surface area contributed by atoms with Gasteiger partial charge in [0.05, 0.1) is 0 Å². The number of amides is 3. The van der Waals surface area contributed by atoms with Gasteiger partial charge in [-0.25, -0.2) is 4.79 Å². The lowest BCUT2D eigenvalue weighted by Crippen LogP contribution is -2.47. The Kier molecular flexibility index (Phi) is 7.28. The predicted octanol–water partition coefficient (Wildman–Crippen LogP) is 3.79. The van der Waals surface area contributed by atoms with Gasteiger partial charge in [0.2, 0.25) is 0 Å². The molecule has 1 heterocycles. The molecular formula is C22H35N3O2. The average Bonchev–Trinajstić information content (AvgIpc) is 2.60. The van der Waals surface area contributed by atoms with Crippen molar-refractivity contribution in [2.24, 2.45) is 11.3 Å². The summed E-state index contributed by atoms with van der Waals surface area (Å²) in [5, 5.41) is 3.03. The van der Waals surface area contributed by atoms with E-state index in [0.29, 0.717) is 23.4 Å². The van der Waals surface area contributed by atoms with Gasteiger partial charge in [0, 0.05) is 39.3 Å². The second kappa shape index (κ2) is 9.25. The van der Waals surface area contributed by atoms with E-state index in [0.717, 1.165) is 37.9 Å². The van der Waals surface area contributed by atoms with E-state index in [4.69, 9.17) is 0 Å². The highest BCUT2D eigenvalue weighted by molar-refractivity contribution is 5.94. The van der Waals surface area contributed by atoms with Crippen molar-refractivity contribution in [3.63, 3.8) is 0 Å². The van der Waals surface area contributed by atoms with Gasteiger partial charge in [-0.1, -0.05) is 32.9 Å². The van der Waals surface area contributed by atoms with Gasteiger partial charge in [-0.3, -0.25) is 4.79 Å². The highest BCUT2D eigenvalue weighted by Crippen LogP contribution is 2.36. The molecule has 1 aliphatic rings. The molecule has 0 spiro atoms. The topological polar surface area (TPSA) is 52.7 Å². The lowest BCUT2D eigenvalue weighted by atomic mass is 9.74. The van der Waals surface area contributed by atoms with Crippen LogP contribution in [0.3, 0.4) is 0 Å². The number of hydrogen-bond acceptors (Lipinski definition) is 2. The van der Waals surface area contributed by atoms with Crippen molar-refractivity contribution < 1.29 is 9.59 Å². The Balaban J connectivity index is 1.79. The molecule has 1 aromatic carbocycles.